The number of aromatic hydroxyl groups is 2. The fourth-order valence-electron chi connectivity index (χ4n) is 7.52. The lowest BCUT2D eigenvalue weighted by atomic mass is 10.0. The smallest absolute Gasteiger partial charge is 0.326 e. The number of nitrogens with two attached hydrogens (primary N) is 3. The Kier molecular flexibility index (Phi) is 27.5. The summed E-state index contributed by atoms with van der Waals surface area (Å²) in [4.78, 5) is 157. The monoisotopic (exact) mass is 1150 g/mol. The van der Waals surface area contributed by atoms with Gasteiger partial charge in [-0.15, -0.1) is 0 Å². The highest BCUT2D eigenvalue weighted by Crippen LogP contribution is 2.14. The minimum Gasteiger partial charge on any atom is -0.508 e. The third kappa shape index (κ3) is 23.6. The van der Waals surface area contributed by atoms with E-state index in [1.807, 2.05) is 0 Å². The van der Waals surface area contributed by atoms with Gasteiger partial charge in [-0.1, -0.05) is 54.6 Å². The first-order valence-electron chi connectivity index (χ1n) is 24.9. The van der Waals surface area contributed by atoms with Crippen LogP contribution in [0.1, 0.15) is 42.9 Å². The first-order valence-corrected chi connectivity index (χ1v) is 26.3. The number of carbonyl (C=O) groups excluding carboxylic acids is 11. The summed E-state index contributed by atoms with van der Waals surface area (Å²) in [6.07, 6.45) is -2.49. The summed E-state index contributed by atoms with van der Waals surface area (Å²) < 4.78 is 0. The Hall–Kier alpha value is -8.87. The highest BCUT2D eigenvalue weighted by Gasteiger charge is 2.35. The van der Waals surface area contributed by atoms with E-state index < -0.39 is 158 Å². The maximum atomic E-state index is 14.0. The van der Waals surface area contributed by atoms with Crippen molar-refractivity contribution in [1.82, 2.24) is 47.9 Å². The second-order valence-corrected chi connectivity index (χ2v) is 19.3. The Morgan fingerprint density at radius 3 is 1.37 bits per heavy atom. The number of phenolic OH excluding ortho intramolecular Hbond substituents is 2. The van der Waals surface area contributed by atoms with Crippen molar-refractivity contribution in [2.45, 2.75) is 99.9 Å². The standard InChI is InChI=1S/C51H68N12O17S/c1-26(65)43(63-48(76)35(18-27-6-4-3-5-7-27)59-49(77)38(25-64)62-46(74)33(56-41(70)23-52)19-28-8-12-30(66)13-9-28)50(78)55-24-42(71)57-34(20-29-10-14-31(67)15-11-29)45(73)60-36(21-39(53)68)47(75)58-32(16-17-81-2)44(72)61-37(51(79)80)22-40(54)69/h3-15,26,32-38,43,64-67H,16-25,52H2,1-2H3,(H2,53,68)(H2,54,69)(H,55,78)(H,56,70)(H,57,71)(H,58,75)(H,59,77)(H,60,73)(H,61,72)(H,62,74)(H,63,76)(H,79,80)/t26-,32+,33+,34+,35+,36+,37+,38+,43+/m1/s1. The molecule has 9 atom stereocenters. The summed E-state index contributed by atoms with van der Waals surface area (Å²) in [5.74, 6) is -13.1. The Labute approximate surface area is 468 Å². The van der Waals surface area contributed by atoms with E-state index >= 15 is 0 Å². The van der Waals surface area contributed by atoms with Gasteiger partial charge in [0.05, 0.1) is 38.6 Å². The van der Waals surface area contributed by atoms with Gasteiger partial charge >= 0.3 is 5.97 Å². The van der Waals surface area contributed by atoms with Crippen LogP contribution >= 0.6 is 11.8 Å². The quantitative estimate of drug-likeness (QED) is 0.0265. The van der Waals surface area contributed by atoms with Crippen molar-refractivity contribution in [2.75, 3.05) is 31.7 Å². The van der Waals surface area contributed by atoms with Crippen molar-refractivity contribution >= 4 is 82.7 Å². The molecule has 3 aromatic carbocycles. The minimum absolute atomic E-state index is 0.0679. The zero-order valence-electron chi connectivity index (χ0n) is 44.0. The lowest BCUT2D eigenvalue weighted by Gasteiger charge is -2.27. The summed E-state index contributed by atoms with van der Waals surface area (Å²) in [5, 5.41) is 71.0. The molecule has 0 heterocycles. The van der Waals surface area contributed by atoms with Gasteiger partial charge in [-0.2, -0.15) is 11.8 Å². The van der Waals surface area contributed by atoms with E-state index in [0.717, 1.165) is 6.92 Å². The van der Waals surface area contributed by atoms with Crippen LogP contribution in [0, 0.1) is 0 Å². The number of amides is 11. The van der Waals surface area contributed by atoms with E-state index in [-0.39, 0.29) is 42.9 Å². The Balaban J connectivity index is 1.82. The molecule has 0 aliphatic carbocycles. The van der Waals surface area contributed by atoms with Gasteiger partial charge in [0.1, 0.15) is 59.8 Å². The molecule has 0 unspecified atom stereocenters. The van der Waals surface area contributed by atoms with Crippen LogP contribution in [0.5, 0.6) is 11.5 Å². The molecule has 440 valence electrons. The van der Waals surface area contributed by atoms with E-state index in [1.54, 1.807) is 36.6 Å². The molecule has 0 aromatic heterocycles. The van der Waals surface area contributed by atoms with Gasteiger partial charge in [-0.25, -0.2) is 4.79 Å². The van der Waals surface area contributed by atoms with Crippen LogP contribution in [0.15, 0.2) is 78.9 Å². The third-order valence-electron chi connectivity index (χ3n) is 11.8. The number of aliphatic carboxylic acids is 1. The number of hydrogen-bond acceptors (Lipinski definition) is 18. The lowest BCUT2D eigenvalue weighted by Crippen LogP contribution is -2.61. The Bertz CT molecular complexity index is 2690. The topological polar surface area (TPSA) is 492 Å². The number of nitrogens with one attached hydrogen (secondary N) is 9. The van der Waals surface area contributed by atoms with Gasteiger partial charge in [0.25, 0.3) is 0 Å². The molecule has 0 aliphatic rings. The SMILES string of the molecule is CSCC[C@H](NC(=O)[C@H](CC(N)=O)NC(=O)[C@H](Cc1ccc(O)cc1)NC(=O)CNC(=O)[C@@H](NC(=O)[C@H](Cc1ccccc1)NC(=O)[C@H](CO)NC(=O)[C@H](Cc1ccc(O)cc1)NC(=O)CN)[C@@H](C)O)C(=O)N[C@@H](CC(N)=O)C(=O)O. The van der Waals surface area contributed by atoms with Crippen LogP contribution < -0.4 is 65.1 Å². The van der Waals surface area contributed by atoms with E-state index in [4.69, 9.17) is 17.2 Å². The van der Waals surface area contributed by atoms with E-state index in [2.05, 4.69) is 47.9 Å². The average Bonchev–Trinajstić information content (AvgIpc) is 3.41. The number of carboxylic acids is 1. The Morgan fingerprint density at radius 1 is 0.506 bits per heavy atom. The molecule has 29 nitrogen and oxygen atoms in total. The second-order valence-electron chi connectivity index (χ2n) is 18.3. The molecule has 0 fully saturated rings. The molecule has 0 spiro atoms. The van der Waals surface area contributed by atoms with Crippen LogP contribution in [0.3, 0.4) is 0 Å². The molecule has 11 amide bonds. The van der Waals surface area contributed by atoms with Gasteiger partial charge in [-0.3, -0.25) is 52.7 Å². The van der Waals surface area contributed by atoms with Gasteiger partial charge in [0, 0.05) is 19.3 Å². The number of primary amides is 2. The zero-order valence-corrected chi connectivity index (χ0v) is 44.9. The summed E-state index contributed by atoms with van der Waals surface area (Å²) in [6, 6.07) is 5.97. The van der Waals surface area contributed by atoms with Crippen LogP contribution in [0.25, 0.3) is 0 Å². The zero-order chi connectivity index (χ0) is 60.3. The normalized spacial score (nSPS) is 14.2. The molecule has 0 saturated heterocycles. The molecule has 0 radical (unpaired) electrons. The van der Waals surface area contributed by atoms with Crippen molar-refractivity contribution < 1.29 is 83.1 Å². The molecule has 0 saturated carbocycles. The highest BCUT2D eigenvalue weighted by molar-refractivity contribution is 7.98. The Morgan fingerprint density at radius 2 is 0.901 bits per heavy atom. The summed E-state index contributed by atoms with van der Waals surface area (Å²) in [7, 11) is 0. The van der Waals surface area contributed by atoms with Crippen molar-refractivity contribution in [3.8, 4) is 11.5 Å². The van der Waals surface area contributed by atoms with Crippen molar-refractivity contribution in [1.29, 1.82) is 0 Å². The maximum absolute atomic E-state index is 14.0. The molecule has 30 heteroatoms. The van der Waals surface area contributed by atoms with Gasteiger partial charge < -0.3 is 90.6 Å². The van der Waals surface area contributed by atoms with E-state index in [0.29, 0.717) is 16.7 Å². The van der Waals surface area contributed by atoms with Crippen LogP contribution in [-0.2, 0) is 76.8 Å². The molecule has 0 aliphatic heterocycles. The molecule has 20 N–H and O–H groups in total. The number of aliphatic hydroxyl groups is 2. The van der Waals surface area contributed by atoms with Crippen molar-refractivity contribution in [2.24, 2.45) is 17.2 Å². The van der Waals surface area contributed by atoms with Crippen LogP contribution in [0.2, 0.25) is 0 Å². The fourth-order valence-corrected chi connectivity index (χ4v) is 7.99. The molecular weight excluding hydrogens is 1080 g/mol. The predicted octanol–water partition coefficient (Wildman–Crippen LogP) is -5.96. The van der Waals surface area contributed by atoms with Crippen LogP contribution in [-0.4, -0.2) is 183 Å². The van der Waals surface area contributed by atoms with Gasteiger partial charge in [0.2, 0.25) is 65.0 Å². The molecule has 0 bridgehead atoms. The number of aliphatic hydroxyl groups excluding tert-OH is 2. The van der Waals surface area contributed by atoms with Crippen molar-refractivity contribution in [3.05, 3.63) is 95.6 Å². The fraction of sp³-hybridized carbons (Fsp3) is 0.412. The number of hydrogen-bond donors (Lipinski definition) is 17. The second kappa shape index (κ2) is 33.5. The lowest BCUT2D eigenvalue weighted by molar-refractivity contribution is -0.144. The number of benzene rings is 3. The first kappa shape index (κ1) is 66.4. The maximum Gasteiger partial charge on any atom is 0.326 e. The number of rotatable bonds is 34. The summed E-state index contributed by atoms with van der Waals surface area (Å²) in [6.45, 7) is -1.31. The molecule has 3 rings (SSSR count). The largest absolute Gasteiger partial charge is 0.508 e. The summed E-state index contributed by atoms with van der Waals surface area (Å²) >= 11 is 1.25. The average molecular weight is 1150 g/mol. The van der Waals surface area contributed by atoms with Crippen molar-refractivity contribution in [3.63, 3.8) is 0 Å². The van der Waals surface area contributed by atoms with E-state index in [9.17, 15) is 83.1 Å². The molecular formula is C51H68N12O17S. The minimum atomic E-state index is -1.83. The summed E-state index contributed by atoms with van der Waals surface area (Å²) in [5.41, 5.74) is 17.3. The predicted molar refractivity (Wildman–Crippen MR) is 288 cm³/mol. The first-order chi connectivity index (χ1) is 38.3. The van der Waals surface area contributed by atoms with Gasteiger partial charge in [-0.05, 0) is 66.3 Å². The molecule has 81 heavy (non-hydrogen) atoms. The van der Waals surface area contributed by atoms with E-state index in [1.165, 1.54) is 60.3 Å². The van der Waals surface area contributed by atoms with Gasteiger partial charge in [0.15, 0.2) is 0 Å². The number of thioether (sulfide) groups is 1. The molecule has 3 aromatic rings. The highest BCUT2D eigenvalue weighted by atomic mass is 32.2. The number of phenols is 2. The number of carboxylic acid groups (broad SMARTS) is 1. The number of carbonyl (C=O) groups is 12. The van der Waals surface area contributed by atoms with Crippen LogP contribution in [0.4, 0.5) is 0 Å². The third-order valence-corrected chi connectivity index (χ3v) is 12.4.